The maximum absolute atomic E-state index is 13.0. The van der Waals surface area contributed by atoms with E-state index in [1.807, 2.05) is 20.8 Å². The molecule has 2 aromatic heterocycles. The quantitative estimate of drug-likeness (QED) is 0.689. The molecule has 2 aromatic rings. The zero-order chi connectivity index (χ0) is 22.1. The molecular weight excluding hydrogens is 386 g/mol. The molecule has 164 valence electrons. The fourth-order valence-electron chi connectivity index (χ4n) is 3.88. The van der Waals surface area contributed by atoms with E-state index in [2.05, 4.69) is 10.1 Å². The molecule has 1 saturated heterocycles. The number of aryl methyl sites for hydroxylation is 1. The SMILES string of the molecule is CCOC(=O)C1CCCN(C(=O)CCn2c(C)nc3c(cnn3C(C)(C)C)c2=O)C1. The van der Waals surface area contributed by atoms with Crippen LogP contribution in [0.15, 0.2) is 11.0 Å². The van der Waals surface area contributed by atoms with Gasteiger partial charge in [-0.25, -0.2) is 9.67 Å². The van der Waals surface area contributed by atoms with Gasteiger partial charge >= 0.3 is 5.97 Å². The van der Waals surface area contributed by atoms with Crippen LogP contribution in [-0.4, -0.2) is 55.8 Å². The lowest BCUT2D eigenvalue weighted by Crippen LogP contribution is -2.43. The van der Waals surface area contributed by atoms with Gasteiger partial charge in [-0.15, -0.1) is 0 Å². The van der Waals surface area contributed by atoms with E-state index in [1.165, 1.54) is 4.57 Å². The molecule has 0 bridgehead atoms. The molecule has 1 aliphatic rings. The molecular formula is C21H31N5O4. The Morgan fingerprint density at radius 2 is 2.03 bits per heavy atom. The summed E-state index contributed by atoms with van der Waals surface area (Å²) in [6, 6.07) is 0. The molecule has 9 heteroatoms. The maximum Gasteiger partial charge on any atom is 0.310 e. The summed E-state index contributed by atoms with van der Waals surface area (Å²) < 4.78 is 8.37. The van der Waals surface area contributed by atoms with Crippen LogP contribution in [-0.2, 0) is 26.4 Å². The van der Waals surface area contributed by atoms with Crippen LogP contribution >= 0.6 is 0 Å². The summed E-state index contributed by atoms with van der Waals surface area (Å²) in [6.45, 7) is 11.1. The fraction of sp³-hybridized carbons (Fsp3) is 0.667. The molecule has 3 heterocycles. The molecule has 1 fully saturated rings. The summed E-state index contributed by atoms with van der Waals surface area (Å²) in [7, 11) is 0. The Bertz CT molecular complexity index is 1000. The van der Waals surface area contributed by atoms with Gasteiger partial charge in [0.25, 0.3) is 5.56 Å². The van der Waals surface area contributed by atoms with Gasteiger partial charge in [0, 0.05) is 26.1 Å². The van der Waals surface area contributed by atoms with Crippen molar-refractivity contribution in [2.45, 2.75) is 66.0 Å². The monoisotopic (exact) mass is 417 g/mol. The lowest BCUT2D eigenvalue weighted by atomic mass is 9.98. The molecule has 30 heavy (non-hydrogen) atoms. The minimum Gasteiger partial charge on any atom is -0.466 e. The van der Waals surface area contributed by atoms with E-state index in [0.29, 0.717) is 36.6 Å². The van der Waals surface area contributed by atoms with Crippen molar-refractivity contribution >= 4 is 22.9 Å². The highest BCUT2D eigenvalue weighted by molar-refractivity contribution is 5.78. The number of aromatic nitrogens is 4. The number of rotatable bonds is 5. The lowest BCUT2D eigenvalue weighted by molar-refractivity contribution is -0.151. The maximum atomic E-state index is 13.0. The average molecular weight is 418 g/mol. The molecule has 1 unspecified atom stereocenters. The molecule has 3 rings (SSSR count). The predicted octanol–water partition coefficient (Wildman–Crippen LogP) is 1.85. The summed E-state index contributed by atoms with van der Waals surface area (Å²) in [6.07, 6.45) is 3.23. The number of fused-ring (bicyclic) bond motifs is 1. The van der Waals surface area contributed by atoms with Gasteiger partial charge in [-0.05, 0) is 47.5 Å². The first-order chi connectivity index (χ1) is 14.1. The average Bonchev–Trinajstić information content (AvgIpc) is 3.12. The van der Waals surface area contributed by atoms with Crippen molar-refractivity contribution in [2.24, 2.45) is 5.92 Å². The Labute approximate surface area is 176 Å². The number of ether oxygens (including phenoxy) is 1. The first-order valence-corrected chi connectivity index (χ1v) is 10.5. The number of likely N-dealkylation sites (tertiary alicyclic amines) is 1. The van der Waals surface area contributed by atoms with Gasteiger partial charge in [-0.3, -0.25) is 19.0 Å². The van der Waals surface area contributed by atoms with E-state index < -0.39 is 0 Å². The Hall–Kier alpha value is -2.71. The number of hydrogen-bond donors (Lipinski definition) is 0. The van der Waals surface area contributed by atoms with Crippen LogP contribution in [0.1, 0.15) is 52.8 Å². The normalized spacial score (nSPS) is 17.4. The van der Waals surface area contributed by atoms with E-state index in [-0.39, 0.29) is 41.9 Å². The zero-order valence-corrected chi connectivity index (χ0v) is 18.5. The number of carbonyl (C=O) groups is 2. The number of carbonyl (C=O) groups excluding carboxylic acids is 2. The van der Waals surface area contributed by atoms with Gasteiger partial charge in [-0.1, -0.05) is 0 Å². The summed E-state index contributed by atoms with van der Waals surface area (Å²) >= 11 is 0. The summed E-state index contributed by atoms with van der Waals surface area (Å²) in [5.41, 5.74) is 0.0733. The third-order valence-corrected chi connectivity index (χ3v) is 5.46. The summed E-state index contributed by atoms with van der Waals surface area (Å²) in [4.78, 5) is 44.0. The van der Waals surface area contributed by atoms with E-state index in [9.17, 15) is 14.4 Å². The molecule has 1 amide bonds. The van der Waals surface area contributed by atoms with Crippen molar-refractivity contribution in [3.8, 4) is 0 Å². The minimum absolute atomic E-state index is 0.0687. The van der Waals surface area contributed by atoms with Gasteiger partial charge in [0.05, 0.1) is 24.3 Å². The first kappa shape index (κ1) is 22.0. The molecule has 0 N–H and O–H groups in total. The van der Waals surface area contributed by atoms with Crippen molar-refractivity contribution in [3.63, 3.8) is 0 Å². The standard InChI is InChI=1S/C21H31N5O4/c1-6-30-20(29)15-8-7-10-24(13-15)17(27)9-11-25-14(2)23-18-16(19(25)28)12-22-26(18)21(3,4)5/h12,15H,6-11,13H2,1-5H3. The van der Waals surface area contributed by atoms with E-state index in [0.717, 1.165) is 12.8 Å². The van der Waals surface area contributed by atoms with E-state index >= 15 is 0 Å². The van der Waals surface area contributed by atoms with Crippen LogP contribution in [0, 0.1) is 12.8 Å². The van der Waals surface area contributed by atoms with Gasteiger partial charge in [0.2, 0.25) is 5.91 Å². The van der Waals surface area contributed by atoms with Gasteiger partial charge in [0.15, 0.2) is 5.65 Å². The van der Waals surface area contributed by atoms with Gasteiger partial charge in [-0.2, -0.15) is 5.10 Å². The molecule has 0 radical (unpaired) electrons. The summed E-state index contributed by atoms with van der Waals surface area (Å²) in [5, 5.41) is 4.79. The Kier molecular flexibility index (Phi) is 6.28. The molecule has 0 spiro atoms. The number of hydrogen-bond acceptors (Lipinski definition) is 6. The molecule has 0 aliphatic carbocycles. The molecule has 0 saturated carbocycles. The van der Waals surface area contributed by atoms with Crippen molar-refractivity contribution in [1.29, 1.82) is 0 Å². The van der Waals surface area contributed by atoms with Crippen LogP contribution in [0.2, 0.25) is 0 Å². The van der Waals surface area contributed by atoms with Gasteiger partial charge in [0.1, 0.15) is 11.2 Å². The Morgan fingerprint density at radius 1 is 1.30 bits per heavy atom. The van der Waals surface area contributed by atoms with E-state index in [4.69, 9.17) is 4.74 Å². The highest BCUT2D eigenvalue weighted by Gasteiger charge is 2.29. The minimum atomic E-state index is -0.292. The molecule has 1 aliphatic heterocycles. The fourth-order valence-corrected chi connectivity index (χ4v) is 3.88. The predicted molar refractivity (Wildman–Crippen MR) is 112 cm³/mol. The molecule has 9 nitrogen and oxygen atoms in total. The highest BCUT2D eigenvalue weighted by atomic mass is 16.5. The molecule has 1 atom stereocenters. The van der Waals surface area contributed by atoms with Crippen molar-refractivity contribution in [1.82, 2.24) is 24.2 Å². The second-order valence-electron chi connectivity index (χ2n) is 8.76. The number of nitrogens with zero attached hydrogens (tertiary/aromatic N) is 5. The third kappa shape index (κ3) is 4.39. The van der Waals surface area contributed by atoms with Crippen LogP contribution in [0.25, 0.3) is 11.0 Å². The number of amides is 1. The Morgan fingerprint density at radius 3 is 2.70 bits per heavy atom. The lowest BCUT2D eigenvalue weighted by Gasteiger charge is -2.31. The zero-order valence-electron chi connectivity index (χ0n) is 18.5. The molecule has 0 aromatic carbocycles. The highest BCUT2D eigenvalue weighted by Crippen LogP contribution is 2.20. The first-order valence-electron chi connectivity index (χ1n) is 10.5. The van der Waals surface area contributed by atoms with Crippen LogP contribution in [0.4, 0.5) is 0 Å². The number of esters is 1. The third-order valence-electron chi connectivity index (χ3n) is 5.46. The second-order valence-corrected chi connectivity index (χ2v) is 8.76. The smallest absolute Gasteiger partial charge is 0.310 e. The van der Waals surface area contributed by atoms with Crippen LogP contribution in [0.5, 0.6) is 0 Å². The number of piperidine rings is 1. The second kappa shape index (κ2) is 8.57. The summed E-state index contributed by atoms with van der Waals surface area (Å²) in [5.74, 6) is -0.0314. The Balaban J connectivity index is 1.73. The largest absolute Gasteiger partial charge is 0.466 e. The van der Waals surface area contributed by atoms with Gasteiger partial charge < -0.3 is 9.64 Å². The van der Waals surface area contributed by atoms with Crippen LogP contribution in [0.3, 0.4) is 0 Å². The van der Waals surface area contributed by atoms with Crippen LogP contribution < -0.4 is 5.56 Å². The topological polar surface area (TPSA) is 99.3 Å². The van der Waals surface area contributed by atoms with Crippen molar-refractivity contribution in [2.75, 3.05) is 19.7 Å². The van der Waals surface area contributed by atoms with Crippen molar-refractivity contribution in [3.05, 3.63) is 22.4 Å². The van der Waals surface area contributed by atoms with E-state index in [1.54, 1.807) is 29.6 Å². The van der Waals surface area contributed by atoms with Crippen molar-refractivity contribution < 1.29 is 14.3 Å².